The van der Waals surface area contributed by atoms with Crippen LogP contribution in [0.15, 0.2) is 249 Å². The molecule has 0 fully saturated rings. The Morgan fingerprint density at radius 2 is 0.972 bits per heavy atom. The van der Waals surface area contributed by atoms with Gasteiger partial charge in [0.2, 0.25) is 0 Å². The molecule has 0 saturated heterocycles. The van der Waals surface area contributed by atoms with E-state index in [1.807, 2.05) is 11.3 Å². The van der Waals surface area contributed by atoms with Gasteiger partial charge in [-0.2, -0.15) is 0 Å². The molecule has 344 valence electrons. The minimum Gasteiger partial charge on any atom is -0.310 e. The molecule has 0 aliphatic heterocycles. The lowest BCUT2D eigenvalue weighted by Gasteiger charge is -2.31. The van der Waals surface area contributed by atoms with Gasteiger partial charge in [0.25, 0.3) is 0 Å². The molecule has 11 aromatic carbocycles. The largest absolute Gasteiger partial charge is 0.310 e. The molecule has 1 aliphatic rings. The zero-order valence-electron chi connectivity index (χ0n) is 41.0. The van der Waals surface area contributed by atoms with Crippen molar-refractivity contribution in [1.82, 2.24) is 0 Å². The number of anilines is 3. The van der Waals surface area contributed by atoms with Gasteiger partial charge in [0, 0.05) is 42.5 Å². The van der Waals surface area contributed by atoms with Crippen molar-refractivity contribution >= 4 is 59.3 Å². The van der Waals surface area contributed by atoms with Gasteiger partial charge in [-0.15, -0.1) is 11.3 Å². The Bertz CT molecular complexity index is 4030. The van der Waals surface area contributed by atoms with Crippen molar-refractivity contribution in [2.45, 2.75) is 38.5 Å². The summed E-state index contributed by atoms with van der Waals surface area (Å²) in [6, 6.07) is 93.0. The number of benzene rings is 11. The molecule has 1 unspecified atom stereocenters. The van der Waals surface area contributed by atoms with E-state index < -0.39 is 0 Å². The molecule has 13 rings (SSSR count). The topological polar surface area (TPSA) is 3.24 Å². The second kappa shape index (κ2) is 17.2. The lowest BCUT2D eigenvalue weighted by atomic mass is 9.74. The molecule has 72 heavy (non-hydrogen) atoms. The van der Waals surface area contributed by atoms with Gasteiger partial charge in [0.05, 0.1) is 5.69 Å². The van der Waals surface area contributed by atoms with E-state index in [1.54, 1.807) is 0 Å². The van der Waals surface area contributed by atoms with Gasteiger partial charge in [0.1, 0.15) is 0 Å². The van der Waals surface area contributed by atoms with E-state index in [-0.39, 0.29) is 10.8 Å². The highest BCUT2D eigenvalue weighted by Gasteiger charge is 2.41. The summed E-state index contributed by atoms with van der Waals surface area (Å²) in [5, 5.41) is 5.01. The number of rotatable bonds is 8. The summed E-state index contributed by atoms with van der Waals surface area (Å²) in [6.07, 6.45) is 0. The van der Waals surface area contributed by atoms with Crippen molar-refractivity contribution in [2.24, 2.45) is 0 Å². The highest BCUT2D eigenvalue weighted by atomic mass is 32.1. The van der Waals surface area contributed by atoms with E-state index >= 15 is 0 Å². The third kappa shape index (κ3) is 7.12. The lowest BCUT2D eigenvalue weighted by Crippen LogP contribution is -2.22. The Hall–Kier alpha value is -8.30. The van der Waals surface area contributed by atoms with E-state index in [2.05, 4.69) is 281 Å². The number of nitrogens with zero attached hydrogens (tertiary/aromatic N) is 1. The van der Waals surface area contributed by atoms with Crippen LogP contribution in [0, 0.1) is 0 Å². The Morgan fingerprint density at radius 1 is 0.389 bits per heavy atom. The molecule has 1 aromatic heterocycles. The Labute approximate surface area is 427 Å². The molecule has 1 atom stereocenters. The smallest absolute Gasteiger partial charge is 0.0546 e. The maximum atomic E-state index is 2.54. The first kappa shape index (κ1) is 43.7. The first-order valence-corrected chi connectivity index (χ1v) is 26.0. The standard InChI is InChI=1S/C70H53NS/c1-69(2,3)49-37-34-48(35-38-49)53-41-39-51(44-60(53)46-20-7-5-8-21-46)71(52-40-42-63-61(45-52)56-27-15-17-31-62(56)70(63,4)50-23-9-6-10-24-50)64-43-36-47-22-11-12-25-54(47)67(64)57-28-14-13-26-55(57)58-30-19-33-66-68(58)59-29-16-18-32-65(59)72-66/h5-45H,1-4H3. The molecule has 0 saturated carbocycles. The molecule has 12 aromatic rings. The van der Waals surface area contributed by atoms with Crippen molar-refractivity contribution in [1.29, 1.82) is 0 Å². The van der Waals surface area contributed by atoms with Crippen molar-refractivity contribution < 1.29 is 0 Å². The fourth-order valence-electron chi connectivity index (χ4n) is 11.7. The molecular formula is C70H53NS. The zero-order valence-corrected chi connectivity index (χ0v) is 41.8. The maximum absolute atomic E-state index is 2.54. The minimum absolute atomic E-state index is 0.0558. The summed E-state index contributed by atoms with van der Waals surface area (Å²) in [6.45, 7) is 9.25. The van der Waals surface area contributed by atoms with Gasteiger partial charge in [-0.1, -0.05) is 227 Å². The SMILES string of the molecule is CC(C)(C)c1ccc(-c2ccc(N(c3ccc4c(c3)-c3ccccc3C4(C)c3ccccc3)c3ccc4ccccc4c3-c3ccccc3-c3cccc4sc5ccccc5c34)cc2-c2ccccc2)cc1. The molecule has 0 bridgehead atoms. The van der Waals surface area contributed by atoms with Crippen molar-refractivity contribution in [2.75, 3.05) is 4.90 Å². The van der Waals surface area contributed by atoms with Crippen molar-refractivity contribution in [3.8, 4) is 55.6 Å². The Kier molecular flexibility index (Phi) is 10.5. The van der Waals surface area contributed by atoms with Crippen LogP contribution < -0.4 is 4.90 Å². The van der Waals surface area contributed by atoms with Crippen LogP contribution in [0.2, 0.25) is 0 Å². The normalized spacial score (nSPS) is 14.2. The van der Waals surface area contributed by atoms with Crippen LogP contribution in [-0.2, 0) is 10.8 Å². The van der Waals surface area contributed by atoms with Gasteiger partial charge in [-0.3, -0.25) is 0 Å². The van der Waals surface area contributed by atoms with Gasteiger partial charge < -0.3 is 4.90 Å². The van der Waals surface area contributed by atoms with Crippen LogP contribution in [-0.4, -0.2) is 0 Å². The predicted octanol–water partition coefficient (Wildman–Crippen LogP) is 20.0. The fourth-order valence-corrected chi connectivity index (χ4v) is 12.9. The average Bonchev–Trinajstić information content (AvgIpc) is 3.94. The van der Waals surface area contributed by atoms with Gasteiger partial charge in [-0.05, 0) is 138 Å². The summed E-state index contributed by atoms with van der Waals surface area (Å²) >= 11 is 1.87. The van der Waals surface area contributed by atoms with Crippen molar-refractivity contribution in [3.05, 3.63) is 271 Å². The summed E-state index contributed by atoms with van der Waals surface area (Å²) in [4.78, 5) is 2.54. The van der Waals surface area contributed by atoms with Crippen molar-refractivity contribution in [3.63, 3.8) is 0 Å². The molecule has 1 aliphatic carbocycles. The quantitative estimate of drug-likeness (QED) is 0.147. The zero-order chi connectivity index (χ0) is 48.6. The summed E-state index contributed by atoms with van der Waals surface area (Å²) < 4.78 is 2.60. The van der Waals surface area contributed by atoms with E-state index in [4.69, 9.17) is 0 Å². The monoisotopic (exact) mass is 939 g/mol. The lowest BCUT2D eigenvalue weighted by molar-refractivity contribution is 0.590. The average molecular weight is 940 g/mol. The Morgan fingerprint density at radius 3 is 1.75 bits per heavy atom. The molecule has 1 nitrogen and oxygen atoms in total. The third-order valence-corrected chi connectivity index (χ3v) is 16.5. The van der Waals surface area contributed by atoms with E-state index in [1.165, 1.54) is 109 Å². The highest BCUT2D eigenvalue weighted by molar-refractivity contribution is 7.25. The molecule has 0 N–H and O–H groups in total. The number of hydrogen-bond acceptors (Lipinski definition) is 2. The van der Waals surface area contributed by atoms with Crippen LogP contribution in [0.4, 0.5) is 17.1 Å². The van der Waals surface area contributed by atoms with Crippen LogP contribution in [0.3, 0.4) is 0 Å². The number of hydrogen-bond donors (Lipinski definition) is 0. The first-order chi connectivity index (χ1) is 35.2. The van der Waals surface area contributed by atoms with Gasteiger partial charge in [-0.25, -0.2) is 0 Å². The van der Waals surface area contributed by atoms with E-state index in [9.17, 15) is 0 Å². The van der Waals surface area contributed by atoms with Gasteiger partial charge >= 0.3 is 0 Å². The van der Waals surface area contributed by atoms with E-state index in [0.29, 0.717) is 0 Å². The second-order valence-electron chi connectivity index (χ2n) is 20.5. The highest BCUT2D eigenvalue weighted by Crippen LogP contribution is 2.55. The van der Waals surface area contributed by atoms with Crippen LogP contribution in [0.25, 0.3) is 86.6 Å². The summed E-state index contributed by atoms with van der Waals surface area (Å²) in [7, 11) is 0. The van der Waals surface area contributed by atoms with Gasteiger partial charge in [0.15, 0.2) is 0 Å². The van der Waals surface area contributed by atoms with E-state index in [0.717, 1.165) is 17.1 Å². The maximum Gasteiger partial charge on any atom is 0.0546 e. The van der Waals surface area contributed by atoms with Crippen LogP contribution in [0.1, 0.15) is 49.9 Å². The predicted molar refractivity (Wildman–Crippen MR) is 309 cm³/mol. The van der Waals surface area contributed by atoms with Crippen LogP contribution in [0.5, 0.6) is 0 Å². The first-order valence-electron chi connectivity index (χ1n) is 25.2. The summed E-state index contributed by atoms with van der Waals surface area (Å²) in [5.74, 6) is 0. The molecule has 0 amide bonds. The Balaban J connectivity index is 1.10. The molecule has 2 heteroatoms. The molecule has 0 spiro atoms. The third-order valence-electron chi connectivity index (χ3n) is 15.4. The number of fused-ring (bicyclic) bond motifs is 7. The van der Waals surface area contributed by atoms with Crippen LogP contribution >= 0.6 is 11.3 Å². The minimum atomic E-state index is -0.318. The molecule has 0 radical (unpaired) electrons. The second-order valence-corrected chi connectivity index (χ2v) is 21.6. The molecule has 1 heterocycles. The fraction of sp³-hybridized carbons (Fsp3) is 0.0857. The number of thiophene rings is 1. The summed E-state index contributed by atoms with van der Waals surface area (Å²) in [5.41, 5.74) is 20.4. The molecular weight excluding hydrogens is 887 g/mol.